The summed E-state index contributed by atoms with van der Waals surface area (Å²) in [4.78, 5) is 16.8. The number of fused-ring (bicyclic) bond motifs is 2. The van der Waals surface area contributed by atoms with E-state index in [4.69, 9.17) is 23.2 Å². The number of likely N-dealkylation sites (tertiary alicyclic amines) is 1. The molecule has 5 rings (SSSR count). The average molecular weight is 542 g/mol. The van der Waals surface area contributed by atoms with Crippen LogP contribution in [0.4, 0.5) is 10.1 Å². The zero-order valence-corrected chi connectivity index (χ0v) is 21.4. The van der Waals surface area contributed by atoms with Crippen molar-refractivity contribution in [3.05, 3.63) is 51.8 Å². The number of hydrogen-bond donors (Lipinski definition) is 2. The van der Waals surface area contributed by atoms with Gasteiger partial charge in [0, 0.05) is 30.7 Å². The van der Waals surface area contributed by atoms with Crippen LogP contribution in [-0.2, 0) is 10.0 Å². The van der Waals surface area contributed by atoms with Gasteiger partial charge in [-0.25, -0.2) is 17.5 Å². The standard InChI is InChI=1S/C24H26Cl2FN3O4S/c1-24(7-2-8-24)28-35(33,34)17-10-20(26)22(31)21(11-17)30-15-4-5-16(30)13-29(12-15)23(32)18-6-3-14(27)9-19(18)25/h3,6,9-11,15-16,28,31H,2,4-5,7-8,12-13H2,1H3. The van der Waals surface area contributed by atoms with E-state index in [1.807, 2.05) is 11.8 Å². The summed E-state index contributed by atoms with van der Waals surface area (Å²) >= 11 is 12.4. The van der Waals surface area contributed by atoms with Gasteiger partial charge in [0.2, 0.25) is 10.0 Å². The zero-order valence-electron chi connectivity index (χ0n) is 19.1. The fourth-order valence-corrected chi connectivity index (χ4v) is 7.44. The molecule has 2 unspecified atom stereocenters. The van der Waals surface area contributed by atoms with Crippen molar-refractivity contribution in [1.29, 1.82) is 0 Å². The number of amides is 1. The van der Waals surface area contributed by atoms with Crippen LogP contribution in [0.2, 0.25) is 10.0 Å². The lowest BCUT2D eigenvalue weighted by Crippen LogP contribution is -2.55. The van der Waals surface area contributed by atoms with Gasteiger partial charge in [0.05, 0.1) is 26.2 Å². The predicted octanol–water partition coefficient (Wildman–Crippen LogP) is 4.55. The van der Waals surface area contributed by atoms with Crippen molar-refractivity contribution in [3.8, 4) is 5.75 Å². The number of nitrogens with one attached hydrogen (secondary N) is 1. The van der Waals surface area contributed by atoms with Crippen molar-refractivity contribution in [3.63, 3.8) is 0 Å². The van der Waals surface area contributed by atoms with Crippen molar-refractivity contribution < 1.29 is 22.7 Å². The Morgan fingerprint density at radius 2 is 1.77 bits per heavy atom. The summed E-state index contributed by atoms with van der Waals surface area (Å²) in [7, 11) is -3.84. The first-order valence-corrected chi connectivity index (χ1v) is 13.8. The van der Waals surface area contributed by atoms with Crippen LogP contribution in [0.15, 0.2) is 35.2 Å². The zero-order chi connectivity index (χ0) is 25.1. The van der Waals surface area contributed by atoms with Gasteiger partial charge >= 0.3 is 0 Å². The fraction of sp³-hybridized carbons (Fsp3) is 0.458. The quantitative estimate of drug-likeness (QED) is 0.579. The number of phenols is 1. The molecule has 2 saturated heterocycles. The molecule has 2 aromatic carbocycles. The van der Waals surface area contributed by atoms with E-state index >= 15 is 0 Å². The predicted molar refractivity (Wildman–Crippen MR) is 132 cm³/mol. The Morgan fingerprint density at radius 1 is 1.11 bits per heavy atom. The van der Waals surface area contributed by atoms with Crippen LogP contribution >= 0.6 is 23.2 Å². The van der Waals surface area contributed by atoms with Crippen molar-refractivity contribution >= 4 is 44.8 Å². The third kappa shape index (κ3) is 4.48. The minimum atomic E-state index is -3.84. The molecule has 11 heteroatoms. The van der Waals surface area contributed by atoms with E-state index in [0.717, 1.165) is 38.2 Å². The summed E-state index contributed by atoms with van der Waals surface area (Å²) in [6.45, 7) is 2.58. The molecule has 7 nitrogen and oxygen atoms in total. The largest absolute Gasteiger partial charge is 0.504 e. The first kappa shape index (κ1) is 24.6. The van der Waals surface area contributed by atoms with Crippen LogP contribution in [0.5, 0.6) is 5.75 Å². The second-order valence-corrected chi connectivity index (χ2v) is 12.4. The normalized spacial score (nSPS) is 23.3. The number of carbonyl (C=O) groups excluding carboxylic acids is 1. The van der Waals surface area contributed by atoms with E-state index in [1.165, 1.54) is 24.3 Å². The highest BCUT2D eigenvalue weighted by Gasteiger charge is 2.44. The van der Waals surface area contributed by atoms with Crippen LogP contribution in [0.25, 0.3) is 0 Å². The number of nitrogens with zero attached hydrogens (tertiary/aromatic N) is 2. The van der Waals surface area contributed by atoms with Gasteiger partial charge in [0.15, 0.2) is 5.75 Å². The van der Waals surface area contributed by atoms with Gasteiger partial charge in [-0.1, -0.05) is 23.2 Å². The molecular weight excluding hydrogens is 516 g/mol. The van der Waals surface area contributed by atoms with Crippen LogP contribution in [0.1, 0.15) is 49.4 Å². The highest BCUT2D eigenvalue weighted by atomic mass is 35.5. The Hall–Kier alpha value is -2.07. The molecule has 2 aromatic rings. The molecule has 3 aliphatic rings. The third-order valence-electron chi connectivity index (χ3n) is 7.37. The molecule has 35 heavy (non-hydrogen) atoms. The SMILES string of the molecule is CC1(NS(=O)(=O)c2cc(Cl)c(O)c(N3C4CCC3CN(C(=O)c3ccc(F)cc3Cl)C4)c2)CCC1. The van der Waals surface area contributed by atoms with Gasteiger partial charge < -0.3 is 14.9 Å². The van der Waals surface area contributed by atoms with E-state index < -0.39 is 21.4 Å². The molecule has 2 atom stereocenters. The lowest BCUT2D eigenvalue weighted by Gasteiger charge is -2.43. The lowest BCUT2D eigenvalue weighted by atomic mass is 9.80. The summed E-state index contributed by atoms with van der Waals surface area (Å²) < 4.78 is 42.4. The summed E-state index contributed by atoms with van der Waals surface area (Å²) in [5, 5.41) is 10.8. The summed E-state index contributed by atoms with van der Waals surface area (Å²) in [5.74, 6) is -0.985. The van der Waals surface area contributed by atoms with Crippen LogP contribution < -0.4 is 9.62 Å². The van der Waals surface area contributed by atoms with E-state index in [0.29, 0.717) is 18.8 Å². The van der Waals surface area contributed by atoms with E-state index in [2.05, 4.69) is 4.72 Å². The van der Waals surface area contributed by atoms with Gasteiger partial charge in [-0.15, -0.1) is 0 Å². The summed E-state index contributed by atoms with van der Waals surface area (Å²) in [6, 6.07) is 6.14. The molecule has 2 heterocycles. The molecule has 2 bridgehead atoms. The van der Waals surface area contributed by atoms with E-state index in [9.17, 15) is 22.7 Å². The maximum atomic E-state index is 13.4. The Morgan fingerprint density at radius 3 is 2.34 bits per heavy atom. The molecule has 0 aromatic heterocycles. The second kappa shape index (κ2) is 8.80. The number of halogens is 3. The number of benzene rings is 2. The minimum Gasteiger partial charge on any atom is -0.504 e. The first-order valence-electron chi connectivity index (χ1n) is 11.6. The number of anilines is 1. The topological polar surface area (TPSA) is 89.9 Å². The van der Waals surface area contributed by atoms with Crippen LogP contribution in [0.3, 0.4) is 0 Å². The molecule has 1 saturated carbocycles. The number of carbonyl (C=O) groups is 1. The number of piperazine rings is 1. The minimum absolute atomic E-state index is 0.000532. The van der Waals surface area contributed by atoms with Crippen molar-refractivity contribution in [1.82, 2.24) is 9.62 Å². The summed E-state index contributed by atoms with van der Waals surface area (Å²) in [5.41, 5.74) is 0.0993. The summed E-state index contributed by atoms with van der Waals surface area (Å²) in [6.07, 6.45) is 4.02. The smallest absolute Gasteiger partial charge is 0.255 e. The number of hydrogen-bond acceptors (Lipinski definition) is 5. The third-order valence-corrected chi connectivity index (χ3v) is 9.59. The van der Waals surface area contributed by atoms with Crippen molar-refractivity contribution in [2.24, 2.45) is 0 Å². The number of aromatic hydroxyl groups is 1. The van der Waals surface area contributed by atoms with Gasteiger partial charge in [0.25, 0.3) is 5.91 Å². The molecule has 3 fully saturated rings. The number of phenolic OH excluding ortho intramolecular Hbond substituents is 1. The molecule has 188 valence electrons. The van der Waals surface area contributed by atoms with Crippen molar-refractivity contribution in [2.45, 2.75) is 61.5 Å². The fourth-order valence-electron chi connectivity index (χ4n) is 5.40. The lowest BCUT2D eigenvalue weighted by molar-refractivity contribution is 0.0718. The highest BCUT2D eigenvalue weighted by molar-refractivity contribution is 7.89. The molecule has 0 spiro atoms. The molecule has 2 aliphatic heterocycles. The Labute approximate surface area is 213 Å². The first-order chi connectivity index (χ1) is 16.5. The van der Waals surface area contributed by atoms with Gasteiger partial charge in [-0.3, -0.25) is 4.79 Å². The maximum Gasteiger partial charge on any atom is 0.255 e. The Balaban J connectivity index is 1.42. The second-order valence-electron chi connectivity index (χ2n) is 9.92. The molecule has 1 aliphatic carbocycles. The van der Waals surface area contributed by atoms with Gasteiger partial charge in [0.1, 0.15) is 5.82 Å². The van der Waals surface area contributed by atoms with Gasteiger partial charge in [-0.05, 0) is 69.4 Å². The van der Waals surface area contributed by atoms with Crippen LogP contribution in [0, 0.1) is 5.82 Å². The average Bonchev–Trinajstić information content (AvgIpc) is 3.02. The molecular formula is C24H26Cl2FN3O4S. The Bertz CT molecular complexity index is 1290. The molecule has 0 radical (unpaired) electrons. The van der Waals surface area contributed by atoms with Gasteiger partial charge in [-0.2, -0.15) is 0 Å². The Kier molecular flexibility index (Phi) is 6.19. The molecule has 1 amide bonds. The van der Waals surface area contributed by atoms with Crippen LogP contribution in [-0.4, -0.2) is 55.0 Å². The number of sulfonamides is 1. The monoisotopic (exact) mass is 541 g/mol. The van der Waals surface area contributed by atoms with E-state index in [1.54, 1.807) is 4.90 Å². The maximum absolute atomic E-state index is 13.4. The van der Waals surface area contributed by atoms with Crippen molar-refractivity contribution in [2.75, 3.05) is 18.0 Å². The highest BCUT2D eigenvalue weighted by Crippen LogP contribution is 2.44. The molecule has 2 N–H and O–H groups in total. The number of rotatable bonds is 5. The van der Waals surface area contributed by atoms with E-state index in [-0.39, 0.29) is 44.2 Å².